The Morgan fingerprint density at radius 3 is 2.45 bits per heavy atom. The van der Waals surface area contributed by atoms with Gasteiger partial charge in [0.15, 0.2) is 0 Å². The zero-order valence-corrected chi connectivity index (χ0v) is 12.2. The molecule has 2 fully saturated rings. The smallest absolute Gasteiger partial charge is 0.326 e. The molecule has 2 atom stereocenters. The summed E-state index contributed by atoms with van der Waals surface area (Å²) in [5.74, 6) is -1.04. The molecule has 2 aliphatic rings. The summed E-state index contributed by atoms with van der Waals surface area (Å²) >= 11 is 0. The van der Waals surface area contributed by atoms with Crippen molar-refractivity contribution in [2.45, 2.75) is 51.7 Å². The number of nitrogens with zero attached hydrogens (tertiary/aromatic N) is 2. The molecule has 2 rings (SSSR count). The van der Waals surface area contributed by atoms with E-state index in [1.807, 2.05) is 0 Å². The molecule has 2 heterocycles. The van der Waals surface area contributed by atoms with Crippen molar-refractivity contribution in [3.8, 4) is 0 Å². The third kappa shape index (κ3) is 2.61. The topological polar surface area (TPSA) is 81.1 Å². The first-order valence-electron chi connectivity index (χ1n) is 7.39. The van der Waals surface area contributed by atoms with E-state index in [4.69, 9.17) is 5.11 Å². The van der Waals surface area contributed by atoms with Gasteiger partial charge in [-0.1, -0.05) is 13.8 Å². The number of aliphatic carboxylic acids is 1. The molecule has 0 radical (unpaired) electrons. The number of carbonyl (C=O) groups excluding carboxylic acids is 1. The van der Waals surface area contributed by atoms with Crippen LogP contribution in [0.25, 0.3) is 0 Å². The fraction of sp³-hybridized carbons (Fsp3) is 0.857. The highest BCUT2D eigenvalue weighted by Crippen LogP contribution is 2.37. The van der Waals surface area contributed by atoms with Gasteiger partial charge in [-0.2, -0.15) is 0 Å². The van der Waals surface area contributed by atoms with Gasteiger partial charge < -0.3 is 20.0 Å². The number of amides is 2. The molecule has 0 aromatic carbocycles. The van der Waals surface area contributed by atoms with Crippen molar-refractivity contribution in [2.24, 2.45) is 5.41 Å². The van der Waals surface area contributed by atoms with Crippen molar-refractivity contribution in [3.63, 3.8) is 0 Å². The van der Waals surface area contributed by atoms with Crippen LogP contribution < -0.4 is 0 Å². The molecule has 6 heteroatoms. The van der Waals surface area contributed by atoms with Gasteiger partial charge in [-0.15, -0.1) is 0 Å². The van der Waals surface area contributed by atoms with E-state index in [0.717, 1.165) is 19.3 Å². The second-order valence-corrected chi connectivity index (χ2v) is 6.06. The number of carbonyl (C=O) groups is 2. The highest BCUT2D eigenvalue weighted by Gasteiger charge is 2.44. The first kappa shape index (κ1) is 15.1. The quantitative estimate of drug-likeness (QED) is 0.814. The lowest BCUT2D eigenvalue weighted by Crippen LogP contribution is -2.48. The van der Waals surface area contributed by atoms with E-state index in [1.165, 1.54) is 4.90 Å². The van der Waals surface area contributed by atoms with E-state index >= 15 is 0 Å². The van der Waals surface area contributed by atoms with Crippen molar-refractivity contribution in [3.05, 3.63) is 0 Å². The molecule has 0 saturated carbocycles. The highest BCUT2D eigenvalue weighted by molar-refractivity contribution is 5.83. The van der Waals surface area contributed by atoms with Crippen LogP contribution in [0.5, 0.6) is 0 Å². The summed E-state index contributed by atoms with van der Waals surface area (Å²) in [6.07, 6.45) is 2.42. The molecule has 2 aliphatic heterocycles. The van der Waals surface area contributed by atoms with Crippen molar-refractivity contribution < 1.29 is 19.8 Å². The van der Waals surface area contributed by atoms with Crippen LogP contribution in [-0.2, 0) is 4.79 Å². The Kier molecular flexibility index (Phi) is 4.22. The fourth-order valence-corrected chi connectivity index (χ4v) is 3.37. The van der Waals surface area contributed by atoms with Crippen LogP contribution >= 0.6 is 0 Å². The molecule has 1 unspecified atom stereocenters. The van der Waals surface area contributed by atoms with E-state index in [9.17, 15) is 14.7 Å². The van der Waals surface area contributed by atoms with Crippen LogP contribution in [0.1, 0.15) is 39.5 Å². The van der Waals surface area contributed by atoms with Gasteiger partial charge in [-0.25, -0.2) is 9.59 Å². The maximum Gasteiger partial charge on any atom is 0.326 e. The van der Waals surface area contributed by atoms with E-state index in [-0.39, 0.29) is 24.4 Å². The SMILES string of the molecule is CCC1(CC)CCN(C(=O)N2CC(O)C[C@H]2C(=O)O)C1. The van der Waals surface area contributed by atoms with Crippen molar-refractivity contribution >= 4 is 12.0 Å². The van der Waals surface area contributed by atoms with Crippen LogP contribution in [0.3, 0.4) is 0 Å². The Bertz CT molecular complexity index is 395. The zero-order valence-electron chi connectivity index (χ0n) is 12.2. The van der Waals surface area contributed by atoms with Crippen molar-refractivity contribution in [2.75, 3.05) is 19.6 Å². The van der Waals surface area contributed by atoms with Crippen LogP contribution in [0.2, 0.25) is 0 Å². The summed E-state index contributed by atoms with van der Waals surface area (Å²) in [6.45, 7) is 5.77. The number of rotatable bonds is 3. The number of hydrogen-bond donors (Lipinski definition) is 2. The Morgan fingerprint density at radius 1 is 1.30 bits per heavy atom. The predicted octanol–water partition coefficient (Wildman–Crippen LogP) is 1.14. The van der Waals surface area contributed by atoms with E-state index in [2.05, 4.69) is 13.8 Å². The Labute approximate surface area is 119 Å². The fourth-order valence-electron chi connectivity index (χ4n) is 3.37. The monoisotopic (exact) mass is 284 g/mol. The molecule has 2 amide bonds. The lowest BCUT2D eigenvalue weighted by atomic mass is 9.82. The second kappa shape index (κ2) is 5.60. The van der Waals surface area contributed by atoms with Gasteiger partial charge >= 0.3 is 12.0 Å². The molecule has 0 aromatic rings. The minimum Gasteiger partial charge on any atom is -0.480 e. The predicted molar refractivity (Wildman–Crippen MR) is 73.4 cm³/mol. The summed E-state index contributed by atoms with van der Waals surface area (Å²) in [6, 6.07) is -1.13. The number of likely N-dealkylation sites (tertiary alicyclic amines) is 2. The number of hydrogen-bond acceptors (Lipinski definition) is 3. The maximum absolute atomic E-state index is 12.5. The van der Waals surface area contributed by atoms with Gasteiger partial charge in [0, 0.05) is 26.1 Å². The number of urea groups is 1. The van der Waals surface area contributed by atoms with Crippen LogP contribution in [0.4, 0.5) is 4.79 Å². The first-order chi connectivity index (χ1) is 9.42. The van der Waals surface area contributed by atoms with Gasteiger partial charge in [-0.3, -0.25) is 0 Å². The van der Waals surface area contributed by atoms with E-state index in [1.54, 1.807) is 4.90 Å². The van der Waals surface area contributed by atoms with Crippen LogP contribution in [-0.4, -0.2) is 63.8 Å². The van der Waals surface area contributed by atoms with Crippen LogP contribution in [0, 0.1) is 5.41 Å². The Balaban J connectivity index is 2.07. The summed E-state index contributed by atoms with van der Waals surface area (Å²) < 4.78 is 0. The molecular weight excluding hydrogens is 260 g/mol. The van der Waals surface area contributed by atoms with Gasteiger partial charge in [0.2, 0.25) is 0 Å². The highest BCUT2D eigenvalue weighted by atomic mass is 16.4. The zero-order chi connectivity index (χ0) is 14.9. The molecule has 0 aliphatic carbocycles. The number of carboxylic acid groups (broad SMARTS) is 1. The lowest BCUT2D eigenvalue weighted by molar-refractivity contribution is -0.141. The van der Waals surface area contributed by atoms with Crippen molar-refractivity contribution in [1.82, 2.24) is 9.80 Å². The molecule has 0 spiro atoms. The molecular formula is C14H24N2O4. The molecule has 0 aromatic heterocycles. The average Bonchev–Trinajstić information content (AvgIpc) is 3.02. The molecule has 0 bridgehead atoms. The van der Waals surface area contributed by atoms with Gasteiger partial charge in [0.1, 0.15) is 6.04 Å². The largest absolute Gasteiger partial charge is 0.480 e. The van der Waals surface area contributed by atoms with E-state index in [0.29, 0.717) is 13.1 Å². The summed E-state index contributed by atoms with van der Waals surface area (Å²) in [4.78, 5) is 26.8. The molecule has 2 N–H and O–H groups in total. The Hall–Kier alpha value is -1.30. The van der Waals surface area contributed by atoms with Crippen LogP contribution in [0.15, 0.2) is 0 Å². The molecule has 2 saturated heterocycles. The van der Waals surface area contributed by atoms with E-state index < -0.39 is 18.1 Å². The minimum absolute atomic E-state index is 0.123. The average molecular weight is 284 g/mol. The van der Waals surface area contributed by atoms with Crippen molar-refractivity contribution in [1.29, 1.82) is 0 Å². The summed E-state index contributed by atoms with van der Waals surface area (Å²) in [7, 11) is 0. The summed E-state index contributed by atoms with van der Waals surface area (Å²) in [5.41, 5.74) is 0.173. The van der Waals surface area contributed by atoms with Gasteiger partial charge in [0.25, 0.3) is 0 Å². The Morgan fingerprint density at radius 2 is 1.95 bits per heavy atom. The number of β-amino-alcohol motifs (C(OH)–C–C–N with tert-alkyl or cyclic N) is 1. The second-order valence-electron chi connectivity index (χ2n) is 6.06. The minimum atomic E-state index is -1.04. The third-order valence-electron chi connectivity index (χ3n) is 5.02. The lowest BCUT2D eigenvalue weighted by Gasteiger charge is -2.30. The molecule has 6 nitrogen and oxygen atoms in total. The molecule has 114 valence electrons. The number of aliphatic hydroxyl groups is 1. The van der Waals surface area contributed by atoms with Gasteiger partial charge in [-0.05, 0) is 24.7 Å². The first-order valence-corrected chi connectivity index (χ1v) is 7.39. The maximum atomic E-state index is 12.5. The normalized spacial score (nSPS) is 28.9. The number of carboxylic acids is 1. The number of aliphatic hydroxyl groups excluding tert-OH is 1. The standard InChI is InChI=1S/C14H24N2O4/c1-3-14(4-2)5-6-15(9-14)13(20)16-8-10(17)7-11(16)12(18)19/h10-11,17H,3-9H2,1-2H3,(H,18,19)/t10?,11-/m0/s1. The summed E-state index contributed by atoms with van der Waals surface area (Å²) in [5, 5.41) is 18.8. The van der Waals surface area contributed by atoms with Gasteiger partial charge in [0.05, 0.1) is 6.10 Å². The molecule has 20 heavy (non-hydrogen) atoms. The third-order valence-corrected chi connectivity index (χ3v) is 5.02.